The summed E-state index contributed by atoms with van der Waals surface area (Å²) in [6.45, 7) is 2.01. The van der Waals surface area contributed by atoms with Crippen LogP contribution in [0, 0.1) is 12.7 Å². The third-order valence-electron chi connectivity index (χ3n) is 4.89. The van der Waals surface area contributed by atoms with Crippen LogP contribution in [0.2, 0.25) is 0 Å². The fourth-order valence-electron chi connectivity index (χ4n) is 3.35. The van der Waals surface area contributed by atoms with Crippen LogP contribution in [0.4, 0.5) is 4.39 Å². The number of aliphatic hydroxyl groups is 1. The first-order valence-corrected chi connectivity index (χ1v) is 10.4. The fourth-order valence-corrected chi connectivity index (χ4v) is 4.50. The van der Waals surface area contributed by atoms with Crippen LogP contribution < -0.4 is 5.56 Å². The van der Waals surface area contributed by atoms with Gasteiger partial charge in [0.05, 0.1) is 37.6 Å². The molecule has 1 unspecified atom stereocenters. The molecule has 0 aliphatic rings. The van der Waals surface area contributed by atoms with Crippen LogP contribution in [0.5, 0.6) is 0 Å². The Hall–Kier alpha value is -2.87. The molecule has 0 saturated heterocycles. The highest BCUT2D eigenvalue weighted by Gasteiger charge is 2.17. The van der Waals surface area contributed by atoms with Gasteiger partial charge in [-0.3, -0.25) is 9.36 Å². The van der Waals surface area contributed by atoms with Crippen molar-refractivity contribution in [2.75, 3.05) is 6.61 Å². The third-order valence-corrected chi connectivity index (χ3v) is 6.14. The summed E-state index contributed by atoms with van der Waals surface area (Å²) in [6.07, 6.45) is 0.538. The SMILES string of the molecule is Cc1c(-c2ccccc2)sc2ncn(CC(O)COCc3ccccc3F)c(=O)c12. The summed E-state index contributed by atoms with van der Waals surface area (Å²) >= 11 is 1.48. The van der Waals surface area contributed by atoms with Gasteiger partial charge in [-0.2, -0.15) is 0 Å². The van der Waals surface area contributed by atoms with Crippen molar-refractivity contribution in [2.45, 2.75) is 26.2 Å². The van der Waals surface area contributed by atoms with Gasteiger partial charge >= 0.3 is 0 Å². The quantitative estimate of drug-likeness (QED) is 0.484. The molecule has 0 radical (unpaired) electrons. The Morgan fingerprint density at radius 3 is 2.67 bits per heavy atom. The van der Waals surface area contributed by atoms with Gasteiger partial charge in [0.2, 0.25) is 0 Å². The number of aliphatic hydroxyl groups excluding tert-OH is 1. The molecular weight excluding hydrogens is 403 g/mol. The van der Waals surface area contributed by atoms with E-state index in [4.69, 9.17) is 4.74 Å². The Morgan fingerprint density at radius 2 is 1.90 bits per heavy atom. The van der Waals surface area contributed by atoms with E-state index >= 15 is 0 Å². The van der Waals surface area contributed by atoms with Gasteiger partial charge in [0, 0.05) is 10.4 Å². The normalized spacial score (nSPS) is 12.4. The van der Waals surface area contributed by atoms with Gasteiger partial charge in [0.25, 0.3) is 5.56 Å². The Morgan fingerprint density at radius 1 is 1.17 bits per heavy atom. The molecule has 0 fully saturated rings. The monoisotopic (exact) mass is 424 g/mol. The maximum atomic E-state index is 13.6. The minimum atomic E-state index is -0.916. The molecule has 0 spiro atoms. The molecule has 0 aliphatic carbocycles. The number of aryl methyl sites for hydroxylation is 1. The molecule has 7 heteroatoms. The second kappa shape index (κ2) is 8.87. The maximum absolute atomic E-state index is 13.6. The summed E-state index contributed by atoms with van der Waals surface area (Å²) in [7, 11) is 0. The van der Waals surface area contributed by atoms with Crippen molar-refractivity contribution < 1.29 is 14.2 Å². The van der Waals surface area contributed by atoms with Crippen molar-refractivity contribution >= 4 is 21.6 Å². The topological polar surface area (TPSA) is 64.3 Å². The number of nitrogens with zero attached hydrogens (tertiary/aromatic N) is 2. The summed E-state index contributed by atoms with van der Waals surface area (Å²) in [5, 5.41) is 10.9. The summed E-state index contributed by atoms with van der Waals surface area (Å²) < 4.78 is 20.5. The standard InChI is InChI=1S/C23H21FN2O3S/c1-15-20-22(30-21(15)16-7-3-2-4-8-16)25-14-26(23(20)28)11-18(27)13-29-12-17-9-5-6-10-19(17)24/h2-10,14,18,27H,11-13H2,1H3. The van der Waals surface area contributed by atoms with E-state index in [1.807, 2.05) is 37.3 Å². The number of rotatable bonds is 7. The third kappa shape index (κ3) is 4.18. The highest BCUT2D eigenvalue weighted by atomic mass is 32.1. The number of halogens is 1. The lowest BCUT2D eigenvalue weighted by Crippen LogP contribution is -2.29. The van der Waals surface area contributed by atoms with Crippen LogP contribution in [0.3, 0.4) is 0 Å². The molecule has 2 aromatic carbocycles. The molecular formula is C23H21FN2O3S. The zero-order valence-corrected chi connectivity index (χ0v) is 17.2. The summed E-state index contributed by atoms with van der Waals surface area (Å²) in [5.41, 5.74) is 2.17. The lowest BCUT2D eigenvalue weighted by Gasteiger charge is -2.13. The van der Waals surface area contributed by atoms with E-state index in [2.05, 4.69) is 4.98 Å². The molecule has 0 amide bonds. The fraction of sp³-hybridized carbons (Fsp3) is 0.217. The minimum absolute atomic E-state index is 0.0172. The number of thiophene rings is 1. The molecule has 0 aliphatic heterocycles. The van der Waals surface area contributed by atoms with Gasteiger partial charge in [-0.05, 0) is 24.1 Å². The van der Waals surface area contributed by atoms with E-state index in [1.54, 1.807) is 18.2 Å². The van der Waals surface area contributed by atoms with Crippen molar-refractivity contribution in [2.24, 2.45) is 0 Å². The lowest BCUT2D eigenvalue weighted by atomic mass is 10.1. The van der Waals surface area contributed by atoms with Crippen LogP contribution in [-0.2, 0) is 17.9 Å². The van der Waals surface area contributed by atoms with Gasteiger partial charge in [0.1, 0.15) is 10.6 Å². The second-order valence-corrected chi connectivity index (χ2v) is 8.06. The molecule has 5 nitrogen and oxygen atoms in total. The number of aromatic nitrogens is 2. The molecule has 2 heterocycles. The first-order chi connectivity index (χ1) is 14.5. The predicted molar refractivity (Wildman–Crippen MR) is 116 cm³/mol. The Balaban J connectivity index is 1.49. The number of benzene rings is 2. The van der Waals surface area contributed by atoms with Crippen molar-refractivity contribution in [3.05, 3.63) is 88.2 Å². The molecule has 154 valence electrons. The molecule has 4 rings (SSSR count). The number of hydrogen-bond donors (Lipinski definition) is 1. The van der Waals surface area contributed by atoms with E-state index in [9.17, 15) is 14.3 Å². The van der Waals surface area contributed by atoms with Crippen molar-refractivity contribution in [3.63, 3.8) is 0 Å². The van der Waals surface area contributed by atoms with E-state index in [-0.39, 0.29) is 31.1 Å². The van der Waals surface area contributed by atoms with Crippen LogP contribution in [0.1, 0.15) is 11.1 Å². The van der Waals surface area contributed by atoms with Gasteiger partial charge in [-0.1, -0.05) is 48.5 Å². The van der Waals surface area contributed by atoms with Crippen LogP contribution >= 0.6 is 11.3 Å². The largest absolute Gasteiger partial charge is 0.389 e. The van der Waals surface area contributed by atoms with Crippen molar-refractivity contribution in [1.29, 1.82) is 0 Å². The average Bonchev–Trinajstić information content (AvgIpc) is 3.09. The van der Waals surface area contributed by atoms with Crippen LogP contribution in [0.25, 0.3) is 20.7 Å². The molecule has 2 aromatic heterocycles. The van der Waals surface area contributed by atoms with Gasteiger partial charge in [0.15, 0.2) is 0 Å². The van der Waals surface area contributed by atoms with E-state index < -0.39 is 6.10 Å². The maximum Gasteiger partial charge on any atom is 0.262 e. The molecule has 1 atom stereocenters. The Labute approximate surface area is 177 Å². The van der Waals surface area contributed by atoms with Gasteiger partial charge < -0.3 is 9.84 Å². The average molecular weight is 424 g/mol. The zero-order chi connectivity index (χ0) is 21.1. The Bertz CT molecular complexity index is 1220. The molecule has 30 heavy (non-hydrogen) atoms. The smallest absolute Gasteiger partial charge is 0.262 e. The van der Waals surface area contributed by atoms with Crippen LogP contribution in [0.15, 0.2) is 65.7 Å². The minimum Gasteiger partial charge on any atom is -0.389 e. The predicted octanol–water partition coefficient (Wildman–Crippen LogP) is 4.15. The zero-order valence-electron chi connectivity index (χ0n) is 16.4. The first-order valence-electron chi connectivity index (χ1n) is 9.57. The second-order valence-electron chi connectivity index (χ2n) is 7.06. The molecule has 0 saturated carbocycles. The van der Waals surface area contributed by atoms with Crippen LogP contribution in [-0.4, -0.2) is 27.4 Å². The van der Waals surface area contributed by atoms with E-state index in [0.29, 0.717) is 15.8 Å². The van der Waals surface area contributed by atoms with Gasteiger partial charge in [-0.15, -0.1) is 11.3 Å². The molecule has 0 bridgehead atoms. The van der Waals surface area contributed by atoms with Gasteiger partial charge in [-0.25, -0.2) is 9.37 Å². The highest BCUT2D eigenvalue weighted by molar-refractivity contribution is 7.22. The van der Waals surface area contributed by atoms with Crippen molar-refractivity contribution in [1.82, 2.24) is 9.55 Å². The number of hydrogen-bond acceptors (Lipinski definition) is 5. The molecule has 4 aromatic rings. The molecule has 1 N–H and O–H groups in total. The highest BCUT2D eigenvalue weighted by Crippen LogP contribution is 2.35. The lowest BCUT2D eigenvalue weighted by molar-refractivity contribution is 0.0189. The number of ether oxygens (including phenoxy) is 1. The van der Waals surface area contributed by atoms with Crippen molar-refractivity contribution in [3.8, 4) is 10.4 Å². The summed E-state index contributed by atoms with van der Waals surface area (Å²) in [4.78, 5) is 19.1. The summed E-state index contributed by atoms with van der Waals surface area (Å²) in [5.74, 6) is -0.347. The number of fused-ring (bicyclic) bond motifs is 1. The summed E-state index contributed by atoms with van der Waals surface area (Å²) in [6, 6.07) is 16.2. The Kier molecular flexibility index (Phi) is 6.03. The van der Waals surface area contributed by atoms with E-state index in [0.717, 1.165) is 16.0 Å². The first kappa shape index (κ1) is 20.4. The van der Waals surface area contributed by atoms with E-state index in [1.165, 1.54) is 28.3 Å².